The lowest BCUT2D eigenvalue weighted by atomic mass is 9.89. The smallest absolute Gasteiger partial charge is 0.169 e. The molecule has 2 aliphatic rings. The highest BCUT2D eigenvalue weighted by Gasteiger charge is 2.24. The van der Waals surface area contributed by atoms with Crippen molar-refractivity contribution in [2.75, 3.05) is 13.2 Å². The Morgan fingerprint density at radius 2 is 1.52 bits per heavy atom. The lowest BCUT2D eigenvalue weighted by Crippen LogP contribution is -2.15. The number of rotatable bonds is 1. The second kappa shape index (κ2) is 5.42. The molecule has 0 radical (unpaired) electrons. The number of hydrogen-bond donors (Lipinski definition) is 0. The largest absolute Gasteiger partial charge is 0.486 e. The van der Waals surface area contributed by atoms with Gasteiger partial charge in [-0.1, -0.05) is 36.9 Å². The normalized spacial score (nSPS) is 15.4. The Morgan fingerprint density at radius 1 is 0.760 bits per heavy atom. The van der Waals surface area contributed by atoms with Crippen LogP contribution in [-0.4, -0.2) is 13.2 Å². The van der Waals surface area contributed by atoms with E-state index >= 15 is 0 Å². The molecule has 0 aliphatic carbocycles. The molecule has 5 rings (SSSR count). The number of benzene rings is 3. The van der Waals surface area contributed by atoms with Gasteiger partial charge in [0.05, 0.1) is 6.26 Å². The maximum absolute atomic E-state index is 5.92. The van der Waals surface area contributed by atoms with Gasteiger partial charge in [-0.3, -0.25) is 0 Å². The van der Waals surface area contributed by atoms with Crippen molar-refractivity contribution in [3.63, 3.8) is 0 Å². The summed E-state index contributed by atoms with van der Waals surface area (Å²) >= 11 is 0. The van der Waals surface area contributed by atoms with Crippen molar-refractivity contribution in [1.82, 2.24) is 0 Å². The molecule has 2 aliphatic heterocycles. The van der Waals surface area contributed by atoms with E-state index in [0.717, 1.165) is 50.3 Å². The summed E-state index contributed by atoms with van der Waals surface area (Å²) in [5.41, 5.74) is 4.05. The zero-order valence-corrected chi connectivity index (χ0v) is 13.6. The van der Waals surface area contributed by atoms with Crippen LogP contribution >= 0.6 is 0 Å². The van der Waals surface area contributed by atoms with E-state index < -0.39 is 0 Å². The lowest BCUT2D eigenvalue weighted by molar-refractivity contribution is 0.174. The Labute approximate surface area is 145 Å². The number of ether oxygens (including phenoxy) is 3. The standard InChI is InChI=1S/C22H16O3/c1-14-18(15-5-3-2-4-6-15)13-25-19-9-8-17-16(21(14)19)7-10-20-22(17)24-12-11-23-20/h2-10,13H,1,11-12H2. The molecule has 3 heteroatoms. The molecule has 0 amide bonds. The third kappa shape index (κ3) is 2.13. The van der Waals surface area contributed by atoms with Crippen LogP contribution in [0, 0.1) is 0 Å². The molecule has 0 bridgehead atoms. The SMILES string of the molecule is C=C1C(c2ccccc2)=COc2ccc3c4c(ccc3c21)OCCO4. The molecule has 0 aromatic heterocycles. The molecular weight excluding hydrogens is 312 g/mol. The van der Waals surface area contributed by atoms with Crippen LogP contribution in [0.2, 0.25) is 0 Å². The highest BCUT2D eigenvalue weighted by Crippen LogP contribution is 2.47. The summed E-state index contributed by atoms with van der Waals surface area (Å²) in [7, 11) is 0. The van der Waals surface area contributed by atoms with E-state index in [1.54, 1.807) is 6.26 Å². The van der Waals surface area contributed by atoms with Crippen molar-refractivity contribution in [3.8, 4) is 17.2 Å². The lowest BCUT2D eigenvalue weighted by Gasteiger charge is -2.24. The van der Waals surface area contributed by atoms with Gasteiger partial charge in [0.25, 0.3) is 0 Å². The Bertz CT molecular complexity index is 1030. The molecule has 0 N–H and O–H groups in total. The monoisotopic (exact) mass is 328 g/mol. The molecular formula is C22H16O3. The van der Waals surface area contributed by atoms with E-state index in [4.69, 9.17) is 14.2 Å². The summed E-state index contributed by atoms with van der Waals surface area (Å²) in [6.45, 7) is 5.50. The molecule has 0 fully saturated rings. The molecule has 3 aromatic carbocycles. The second-order valence-electron chi connectivity index (χ2n) is 6.12. The Morgan fingerprint density at radius 3 is 2.40 bits per heavy atom. The summed E-state index contributed by atoms with van der Waals surface area (Å²) < 4.78 is 17.5. The average Bonchev–Trinajstić information content (AvgIpc) is 2.68. The van der Waals surface area contributed by atoms with Gasteiger partial charge in [-0.25, -0.2) is 0 Å². The van der Waals surface area contributed by atoms with Crippen molar-refractivity contribution in [1.29, 1.82) is 0 Å². The summed E-state index contributed by atoms with van der Waals surface area (Å²) in [4.78, 5) is 0. The zero-order chi connectivity index (χ0) is 16.8. The second-order valence-corrected chi connectivity index (χ2v) is 6.12. The third-order valence-corrected chi connectivity index (χ3v) is 4.68. The minimum Gasteiger partial charge on any atom is -0.486 e. The fourth-order valence-electron chi connectivity index (χ4n) is 3.49. The minimum absolute atomic E-state index is 0.565. The van der Waals surface area contributed by atoms with Crippen LogP contribution in [0.3, 0.4) is 0 Å². The van der Waals surface area contributed by atoms with E-state index in [9.17, 15) is 0 Å². The third-order valence-electron chi connectivity index (χ3n) is 4.68. The molecule has 0 spiro atoms. The summed E-state index contributed by atoms with van der Waals surface area (Å²) in [5.74, 6) is 2.41. The molecule has 122 valence electrons. The van der Waals surface area contributed by atoms with Gasteiger partial charge in [-0.15, -0.1) is 0 Å². The van der Waals surface area contributed by atoms with E-state index in [2.05, 4.69) is 24.8 Å². The summed E-state index contributed by atoms with van der Waals surface area (Å²) in [6, 6.07) is 18.2. The van der Waals surface area contributed by atoms with Crippen LogP contribution in [0.4, 0.5) is 0 Å². The number of fused-ring (bicyclic) bond motifs is 5. The average molecular weight is 328 g/mol. The highest BCUT2D eigenvalue weighted by molar-refractivity contribution is 6.13. The van der Waals surface area contributed by atoms with Gasteiger partial charge in [-0.05, 0) is 40.8 Å². The van der Waals surface area contributed by atoms with Crippen LogP contribution in [0.1, 0.15) is 11.1 Å². The van der Waals surface area contributed by atoms with Crippen LogP contribution < -0.4 is 14.2 Å². The van der Waals surface area contributed by atoms with Gasteiger partial charge in [0.15, 0.2) is 11.5 Å². The van der Waals surface area contributed by atoms with E-state index in [1.807, 2.05) is 36.4 Å². The first-order chi connectivity index (χ1) is 12.3. The number of allylic oxidation sites excluding steroid dienone is 2. The Balaban J connectivity index is 1.71. The quantitative estimate of drug-likeness (QED) is 0.625. The molecule has 0 saturated heterocycles. The van der Waals surface area contributed by atoms with E-state index in [0.29, 0.717) is 13.2 Å². The first-order valence-electron chi connectivity index (χ1n) is 8.30. The fourth-order valence-corrected chi connectivity index (χ4v) is 3.49. The first kappa shape index (κ1) is 14.2. The van der Waals surface area contributed by atoms with Gasteiger partial charge in [0, 0.05) is 16.5 Å². The fraction of sp³-hybridized carbons (Fsp3) is 0.0909. The number of hydrogen-bond acceptors (Lipinski definition) is 3. The Hall–Kier alpha value is -3.20. The molecule has 0 atom stereocenters. The van der Waals surface area contributed by atoms with E-state index in [-0.39, 0.29) is 0 Å². The van der Waals surface area contributed by atoms with Crippen molar-refractivity contribution in [3.05, 3.63) is 78.6 Å². The minimum atomic E-state index is 0.565. The van der Waals surface area contributed by atoms with Gasteiger partial charge >= 0.3 is 0 Å². The topological polar surface area (TPSA) is 27.7 Å². The maximum Gasteiger partial charge on any atom is 0.169 e. The molecule has 2 heterocycles. The maximum atomic E-state index is 5.92. The Kier molecular flexibility index (Phi) is 3.07. The van der Waals surface area contributed by atoms with Crippen molar-refractivity contribution in [2.45, 2.75) is 0 Å². The molecule has 3 nitrogen and oxygen atoms in total. The van der Waals surface area contributed by atoms with E-state index in [1.165, 1.54) is 0 Å². The molecule has 0 saturated carbocycles. The van der Waals surface area contributed by atoms with Crippen molar-refractivity contribution >= 4 is 21.9 Å². The van der Waals surface area contributed by atoms with Crippen molar-refractivity contribution < 1.29 is 14.2 Å². The van der Waals surface area contributed by atoms with Crippen LogP contribution in [0.25, 0.3) is 21.9 Å². The van der Waals surface area contributed by atoms with Gasteiger partial charge in [0.1, 0.15) is 19.0 Å². The predicted molar refractivity (Wildman–Crippen MR) is 99.0 cm³/mol. The molecule has 3 aromatic rings. The van der Waals surface area contributed by atoms with Crippen LogP contribution in [0.15, 0.2) is 67.4 Å². The van der Waals surface area contributed by atoms with Gasteiger partial charge < -0.3 is 14.2 Å². The van der Waals surface area contributed by atoms with Crippen LogP contribution in [-0.2, 0) is 0 Å². The van der Waals surface area contributed by atoms with Crippen molar-refractivity contribution in [2.24, 2.45) is 0 Å². The van der Waals surface area contributed by atoms with Crippen LogP contribution in [0.5, 0.6) is 17.2 Å². The first-order valence-corrected chi connectivity index (χ1v) is 8.30. The highest BCUT2D eigenvalue weighted by atomic mass is 16.6. The zero-order valence-electron chi connectivity index (χ0n) is 13.6. The molecule has 0 unspecified atom stereocenters. The van der Waals surface area contributed by atoms with Gasteiger partial charge in [0.2, 0.25) is 0 Å². The summed E-state index contributed by atoms with van der Waals surface area (Å²) in [6.07, 6.45) is 1.78. The predicted octanol–water partition coefficient (Wildman–Crippen LogP) is 5.06. The van der Waals surface area contributed by atoms with Gasteiger partial charge in [-0.2, -0.15) is 0 Å². The molecule has 25 heavy (non-hydrogen) atoms. The summed E-state index contributed by atoms with van der Waals surface area (Å²) in [5, 5.41) is 2.09.